The first-order valence-electron chi connectivity index (χ1n) is 10.8. The monoisotopic (exact) mass is 296 g/mol. The molecule has 2 N–H and O–H groups in total. The number of hydrogen-bond acceptors (Lipinski definition) is 3. The fourth-order valence-corrected chi connectivity index (χ4v) is 2.00. The molecule has 0 unspecified atom stereocenters. The van der Waals surface area contributed by atoms with E-state index in [0.717, 1.165) is 4.98 Å². The Bertz CT molecular complexity index is 1010. The highest BCUT2D eigenvalue weighted by Crippen LogP contribution is 2.21. The molecule has 1 aliphatic rings. The Morgan fingerprint density at radius 1 is 1.62 bits per heavy atom. The van der Waals surface area contributed by atoms with Crippen LogP contribution in [0.4, 0.5) is 4.79 Å². The van der Waals surface area contributed by atoms with Crippen LogP contribution in [0.5, 0.6) is 0 Å². The van der Waals surface area contributed by atoms with Crippen LogP contribution in [0.1, 0.15) is 20.7 Å². The molecule has 2 heterocycles. The zero-order chi connectivity index (χ0) is 22.9. The molecule has 1 amide bonds. The van der Waals surface area contributed by atoms with Gasteiger partial charge < -0.3 is 19.9 Å². The number of aromatic amines is 1. The summed E-state index contributed by atoms with van der Waals surface area (Å²) in [5.74, 6) is 0. The molecule has 1 fully saturated rings. The van der Waals surface area contributed by atoms with E-state index in [2.05, 4.69) is 4.74 Å². The highest BCUT2D eigenvalue weighted by Gasteiger charge is 2.22. The van der Waals surface area contributed by atoms with Gasteiger partial charge in [-0.15, -0.1) is 0 Å². The highest BCUT2D eigenvalue weighted by atomic mass is 16.6. The van der Waals surface area contributed by atoms with Crippen LogP contribution in [-0.4, -0.2) is 49.1 Å². The van der Waals surface area contributed by atoms with Gasteiger partial charge in [-0.1, -0.05) is 6.07 Å². The Labute approximate surface area is 137 Å². The molecule has 1 saturated heterocycles. The van der Waals surface area contributed by atoms with Crippen molar-refractivity contribution in [1.29, 1.82) is 0 Å². The highest BCUT2D eigenvalue weighted by molar-refractivity contribution is 5.84. The minimum absolute atomic E-state index is 0.103. The Morgan fingerprint density at radius 2 is 2.48 bits per heavy atom. The Balaban J connectivity index is 2.15. The van der Waals surface area contributed by atoms with E-state index in [0.29, 0.717) is 16.5 Å². The maximum absolute atomic E-state index is 11.7. The van der Waals surface area contributed by atoms with Gasteiger partial charge in [0.1, 0.15) is 6.56 Å². The average molecular weight is 296 g/mol. The maximum Gasteiger partial charge on any atom is 0.407 e. The van der Waals surface area contributed by atoms with Crippen molar-refractivity contribution in [3.05, 3.63) is 35.5 Å². The lowest BCUT2D eigenvalue weighted by Crippen LogP contribution is -2.28. The van der Waals surface area contributed by atoms with Gasteiger partial charge in [-0.05, 0) is 50.1 Å². The lowest BCUT2D eigenvalue weighted by molar-refractivity contribution is 0.177. The second kappa shape index (κ2) is 5.77. The first-order chi connectivity index (χ1) is 13.6. The molecular formula is C16H21N3O2. The van der Waals surface area contributed by atoms with Crippen molar-refractivity contribution >= 4 is 17.0 Å². The molecule has 1 aliphatic heterocycles. The van der Waals surface area contributed by atoms with Gasteiger partial charge in [0.05, 0.1) is 10.1 Å². The van der Waals surface area contributed by atoms with Crippen LogP contribution in [0, 0.1) is 0 Å². The zero-order valence-electron chi connectivity index (χ0n) is 20.7. The number of alkyl carbamates (subject to hydrolysis) is 1. The van der Waals surface area contributed by atoms with Gasteiger partial charge in [0.15, 0.2) is 2.82 Å². The van der Waals surface area contributed by atoms with Crippen molar-refractivity contribution in [3.8, 4) is 0 Å². The van der Waals surface area contributed by atoms with Crippen molar-refractivity contribution in [2.45, 2.75) is 18.8 Å². The van der Waals surface area contributed by atoms with E-state index < -0.39 is 31.5 Å². The van der Waals surface area contributed by atoms with Crippen LogP contribution in [0.15, 0.2) is 24.4 Å². The number of fused-ring (bicyclic) bond motifs is 1. The number of H-pyrrole nitrogens is 1. The van der Waals surface area contributed by atoms with Gasteiger partial charge >= 0.3 is 6.09 Å². The fraction of sp³-hybridized carbons (Fsp3) is 0.438. The predicted molar refractivity (Wildman–Crippen MR) is 82.5 cm³/mol. The molecule has 0 spiro atoms. The summed E-state index contributed by atoms with van der Waals surface area (Å²) < 4.78 is 77.3. The summed E-state index contributed by atoms with van der Waals surface area (Å²) in [4.78, 5) is 14.1. The Hall–Kier alpha value is -2.01. The van der Waals surface area contributed by atoms with E-state index in [1.165, 1.54) is 29.3 Å². The number of nitrogens with zero attached hydrogens (tertiary/aromatic N) is 1. The molecule has 1 aromatic heterocycles. The van der Waals surface area contributed by atoms with E-state index >= 15 is 0 Å². The number of carbonyl (C=O) groups is 1. The van der Waals surface area contributed by atoms with Crippen molar-refractivity contribution in [3.63, 3.8) is 0 Å². The topological polar surface area (TPSA) is 57.4 Å². The van der Waals surface area contributed by atoms with Gasteiger partial charge in [-0.25, -0.2) is 4.79 Å². The molecule has 1 atom stereocenters. The van der Waals surface area contributed by atoms with Crippen LogP contribution >= 0.6 is 0 Å². The number of nitrogens with one attached hydrogen (secondary N) is 2. The van der Waals surface area contributed by atoms with Gasteiger partial charge in [0.25, 0.3) is 0 Å². The predicted octanol–water partition coefficient (Wildman–Crippen LogP) is 1.92. The van der Waals surface area contributed by atoms with Crippen molar-refractivity contribution in [2.24, 2.45) is 0 Å². The summed E-state index contributed by atoms with van der Waals surface area (Å²) in [5, 5.41) is 0.196. The van der Waals surface area contributed by atoms with E-state index in [-0.39, 0.29) is 17.3 Å². The number of benzene rings is 1. The number of amides is 1. The van der Waals surface area contributed by atoms with Crippen molar-refractivity contribution in [1.82, 2.24) is 15.2 Å². The number of likely N-dealkylation sites (N-methyl/N-ethyl adjacent to an activating group) is 1. The van der Waals surface area contributed by atoms with Crippen LogP contribution < -0.4 is 5.31 Å². The van der Waals surface area contributed by atoms with Gasteiger partial charge in [-0.3, -0.25) is 0 Å². The molecule has 0 aliphatic carbocycles. The number of ether oxygens (including phenoxy) is 1. The second-order valence-corrected chi connectivity index (χ2v) is 4.80. The molecule has 21 heavy (non-hydrogen) atoms. The third-order valence-corrected chi connectivity index (χ3v) is 2.99. The number of carbonyl (C=O) groups excluding carboxylic acids is 1. The van der Waals surface area contributed by atoms with Gasteiger partial charge in [0, 0.05) is 29.1 Å². The normalized spacial score (nSPS) is 32.2. The van der Waals surface area contributed by atoms with Gasteiger partial charge in [-0.2, -0.15) is 0 Å². The lowest BCUT2D eigenvalue weighted by Gasteiger charge is -2.09. The first-order valence-corrected chi connectivity index (χ1v) is 6.39. The number of cyclic esters (lactones) is 1. The minimum atomic E-state index is -3.10. The SMILES string of the molecule is [2H]N1C(=O)OC([2H])([2H])[C@]1([2H])C([2H])([2H])c1ccc2c(c1)c(CC([2H])([2H])N(C)C)cn2[2H]. The second-order valence-electron chi connectivity index (χ2n) is 4.80. The molecule has 2 aromatic rings. The number of aryl methyl sites for hydroxylation is 1. The number of rotatable bonds is 5. The van der Waals surface area contributed by atoms with Crippen LogP contribution in [-0.2, 0) is 17.5 Å². The van der Waals surface area contributed by atoms with E-state index in [1.54, 1.807) is 14.1 Å². The van der Waals surface area contributed by atoms with Crippen molar-refractivity contribution in [2.75, 3.05) is 27.2 Å². The molecule has 112 valence electrons. The van der Waals surface area contributed by atoms with Crippen LogP contribution in [0.3, 0.4) is 0 Å². The summed E-state index contributed by atoms with van der Waals surface area (Å²) in [6.07, 6.45) is -3.05. The molecule has 3 rings (SSSR count). The van der Waals surface area contributed by atoms with E-state index in [4.69, 9.17) is 12.4 Å². The molecular weight excluding hydrogens is 266 g/mol. The summed E-state index contributed by atoms with van der Waals surface area (Å²) in [7, 11) is 3.13. The molecule has 0 radical (unpaired) electrons. The standard InChI is InChI=1S/C16H21N3O2/c1-19(2)6-5-12-9-17-15-4-3-11(8-14(12)15)7-13-10-21-16(20)18-13/h3-4,8-9,13,17H,5-7,10H2,1-2H3,(H,18,20)/t13-/m0/s1/i6D2,7D2,10D2,13D/hD2. The zero-order valence-corrected chi connectivity index (χ0v) is 11.7. The van der Waals surface area contributed by atoms with Crippen molar-refractivity contribution < 1.29 is 22.0 Å². The summed E-state index contributed by atoms with van der Waals surface area (Å²) >= 11 is 0. The average Bonchev–Trinajstić information content (AvgIpc) is 3.01. The minimum Gasteiger partial charge on any atom is -0.447 e. The molecule has 5 heteroatoms. The lowest BCUT2D eigenvalue weighted by atomic mass is 10.0. The first kappa shape index (κ1) is 6.83. The Morgan fingerprint density at radius 3 is 3.19 bits per heavy atom. The van der Waals surface area contributed by atoms with Gasteiger partial charge in [0.2, 0.25) is 0 Å². The fourth-order valence-electron chi connectivity index (χ4n) is 2.00. The largest absolute Gasteiger partial charge is 0.447 e. The van der Waals surface area contributed by atoms with Crippen LogP contribution in [0.2, 0.25) is 2.82 Å². The molecule has 1 aromatic carbocycles. The van der Waals surface area contributed by atoms with E-state index in [1.807, 2.05) is 0 Å². The number of hydrogen-bond donors (Lipinski definition) is 2. The number of aromatic nitrogens is 1. The molecule has 5 nitrogen and oxygen atoms in total. The van der Waals surface area contributed by atoms with Crippen LogP contribution in [0.25, 0.3) is 10.9 Å². The summed E-state index contributed by atoms with van der Waals surface area (Å²) in [6.45, 7) is -4.85. The van der Waals surface area contributed by atoms with E-state index in [9.17, 15) is 4.79 Å². The maximum atomic E-state index is 11.7. The third kappa shape index (κ3) is 3.19. The quantitative estimate of drug-likeness (QED) is 0.886. The summed E-state index contributed by atoms with van der Waals surface area (Å²) in [5.41, 5.74) is 0.574. The summed E-state index contributed by atoms with van der Waals surface area (Å²) in [6, 6.07) is 0.910. The molecule has 0 bridgehead atoms. The third-order valence-electron chi connectivity index (χ3n) is 2.99. The Kier molecular flexibility index (Phi) is 1.88. The molecule has 0 saturated carbocycles. The smallest absolute Gasteiger partial charge is 0.407 e.